The minimum absolute atomic E-state index is 0.181. The molecule has 0 radical (unpaired) electrons. The van der Waals surface area contributed by atoms with Gasteiger partial charge in [0.15, 0.2) is 11.5 Å². The fourth-order valence-electron chi connectivity index (χ4n) is 3.54. The summed E-state index contributed by atoms with van der Waals surface area (Å²) in [6, 6.07) is 8.19. The summed E-state index contributed by atoms with van der Waals surface area (Å²) in [6.07, 6.45) is 0.985. The number of rotatable bonds is 4. The summed E-state index contributed by atoms with van der Waals surface area (Å²) in [6.45, 7) is 8.76. The van der Waals surface area contributed by atoms with Gasteiger partial charge < -0.3 is 14.4 Å². The number of ether oxygens (including phenoxy) is 2. The Bertz CT molecular complexity index is 809. The largest absolute Gasteiger partial charge is 0.454 e. The lowest BCUT2D eigenvalue weighted by atomic mass is 10.1. The van der Waals surface area contributed by atoms with Crippen LogP contribution in [0.5, 0.6) is 11.5 Å². The molecular formula is C20H24N2O3S. The number of amides is 1. The zero-order chi connectivity index (χ0) is 18.1. The fourth-order valence-corrected chi connectivity index (χ4v) is 4.62. The molecule has 1 amide bonds. The van der Waals surface area contributed by atoms with Crippen molar-refractivity contribution in [3.63, 3.8) is 0 Å². The maximum absolute atomic E-state index is 12.8. The molecule has 0 unspecified atom stereocenters. The number of nitrogens with zero attached hydrogens (tertiary/aromatic N) is 2. The lowest BCUT2D eigenvalue weighted by Gasteiger charge is -2.34. The number of fused-ring (bicyclic) bond motifs is 1. The van der Waals surface area contributed by atoms with E-state index >= 15 is 0 Å². The molecule has 0 saturated carbocycles. The van der Waals surface area contributed by atoms with Gasteiger partial charge in [-0.15, -0.1) is 11.3 Å². The molecule has 0 atom stereocenters. The Labute approximate surface area is 158 Å². The van der Waals surface area contributed by atoms with E-state index in [4.69, 9.17) is 9.47 Å². The van der Waals surface area contributed by atoms with Crippen LogP contribution in [0.1, 0.15) is 32.6 Å². The van der Waals surface area contributed by atoms with Crippen molar-refractivity contribution in [2.24, 2.45) is 0 Å². The molecule has 0 aliphatic carbocycles. The molecule has 6 heteroatoms. The Morgan fingerprint density at radius 2 is 1.88 bits per heavy atom. The van der Waals surface area contributed by atoms with Gasteiger partial charge >= 0.3 is 0 Å². The number of thiophene rings is 1. The number of aryl methyl sites for hydroxylation is 2. The number of benzene rings is 1. The van der Waals surface area contributed by atoms with Crippen LogP contribution in [0, 0.1) is 6.92 Å². The molecule has 5 nitrogen and oxygen atoms in total. The molecule has 2 aliphatic rings. The average Bonchev–Trinajstić information content (AvgIpc) is 3.27. The maximum Gasteiger partial charge on any atom is 0.264 e. The van der Waals surface area contributed by atoms with Crippen LogP contribution in [0.25, 0.3) is 0 Å². The molecule has 0 bridgehead atoms. The standard InChI is InChI=1S/C20H24N2O3S/c1-3-16-11-19(26-14(16)2)20(23)22-8-6-21(7-9-22)12-15-4-5-17-18(10-15)25-13-24-17/h4-5,10-11H,3,6-9,12-13H2,1-2H3. The number of carbonyl (C=O) groups excluding carboxylic acids is 1. The van der Waals surface area contributed by atoms with Crippen molar-refractivity contribution in [2.45, 2.75) is 26.8 Å². The molecule has 4 rings (SSSR count). The summed E-state index contributed by atoms with van der Waals surface area (Å²) >= 11 is 1.62. The summed E-state index contributed by atoms with van der Waals surface area (Å²) < 4.78 is 10.8. The van der Waals surface area contributed by atoms with E-state index in [0.717, 1.165) is 55.5 Å². The monoisotopic (exact) mass is 372 g/mol. The van der Waals surface area contributed by atoms with Gasteiger partial charge in [-0.1, -0.05) is 13.0 Å². The quantitative estimate of drug-likeness (QED) is 0.826. The zero-order valence-corrected chi connectivity index (χ0v) is 16.1. The summed E-state index contributed by atoms with van der Waals surface area (Å²) in [7, 11) is 0. The van der Waals surface area contributed by atoms with Crippen molar-refractivity contribution in [1.82, 2.24) is 9.80 Å². The first-order valence-electron chi connectivity index (χ1n) is 9.13. The molecule has 1 fully saturated rings. The third kappa shape index (κ3) is 3.44. The third-order valence-electron chi connectivity index (χ3n) is 5.11. The van der Waals surface area contributed by atoms with E-state index in [1.165, 1.54) is 16.0 Å². The van der Waals surface area contributed by atoms with Gasteiger partial charge in [0.1, 0.15) is 0 Å². The topological polar surface area (TPSA) is 42.0 Å². The van der Waals surface area contributed by atoms with E-state index in [1.54, 1.807) is 11.3 Å². The second-order valence-corrected chi connectivity index (χ2v) is 8.06. The molecule has 2 aromatic rings. The zero-order valence-electron chi connectivity index (χ0n) is 15.3. The van der Waals surface area contributed by atoms with Crippen LogP contribution in [0.15, 0.2) is 24.3 Å². The molecule has 3 heterocycles. The van der Waals surface area contributed by atoms with Crippen molar-refractivity contribution in [3.8, 4) is 11.5 Å². The summed E-state index contributed by atoms with van der Waals surface area (Å²) in [5.41, 5.74) is 2.51. The molecule has 0 spiro atoms. The lowest BCUT2D eigenvalue weighted by Crippen LogP contribution is -2.48. The highest BCUT2D eigenvalue weighted by atomic mass is 32.1. The molecule has 1 aromatic carbocycles. The molecule has 0 N–H and O–H groups in total. The number of hydrogen-bond acceptors (Lipinski definition) is 5. The SMILES string of the molecule is CCc1cc(C(=O)N2CCN(Cc3ccc4c(c3)OCO4)CC2)sc1C. The average molecular weight is 372 g/mol. The maximum atomic E-state index is 12.8. The normalized spacial score (nSPS) is 16.9. The van der Waals surface area contributed by atoms with Gasteiger partial charge in [0.2, 0.25) is 6.79 Å². The Balaban J connectivity index is 1.34. The van der Waals surface area contributed by atoms with Gasteiger partial charge in [-0.3, -0.25) is 9.69 Å². The van der Waals surface area contributed by atoms with Crippen LogP contribution >= 0.6 is 11.3 Å². The van der Waals surface area contributed by atoms with E-state index in [0.29, 0.717) is 6.79 Å². The first kappa shape index (κ1) is 17.4. The van der Waals surface area contributed by atoms with Crippen LogP contribution < -0.4 is 9.47 Å². The summed E-state index contributed by atoms with van der Waals surface area (Å²) in [4.78, 5) is 19.3. The van der Waals surface area contributed by atoms with Crippen LogP contribution in [-0.4, -0.2) is 48.7 Å². The summed E-state index contributed by atoms with van der Waals surface area (Å²) in [5.74, 6) is 1.83. The van der Waals surface area contributed by atoms with Crippen molar-refractivity contribution < 1.29 is 14.3 Å². The molecule has 26 heavy (non-hydrogen) atoms. The van der Waals surface area contributed by atoms with Gasteiger partial charge in [0.25, 0.3) is 5.91 Å². The van der Waals surface area contributed by atoms with E-state index in [-0.39, 0.29) is 5.91 Å². The van der Waals surface area contributed by atoms with E-state index in [2.05, 4.69) is 36.9 Å². The van der Waals surface area contributed by atoms with Crippen LogP contribution in [0.4, 0.5) is 0 Å². The van der Waals surface area contributed by atoms with Gasteiger partial charge in [0, 0.05) is 37.6 Å². The third-order valence-corrected chi connectivity index (χ3v) is 6.20. The Morgan fingerprint density at radius 3 is 2.62 bits per heavy atom. The second kappa shape index (κ2) is 7.29. The Hall–Kier alpha value is -2.05. The molecule has 1 saturated heterocycles. The highest BCUT2D eigenvalue weighted by Gasteiger charge is 2.24. The molecule has 1 aromatic heterocycles. The second-order valence-electron chi connectivity index (χ2n) is 6.80. The molecule has 138 valence electrons. The van der Waals surface area contributed by atoms with Crippen molar-refractivity contribution >= 4 is 17.2 Å². The predicted octanol–water partition coefficient (Wildman–Crippen LogP) is 3.31. The number of piperazine rings is 1. The first-order valence-corrected chi connectivity index (χ1v) is 9.95. The highest BCUT2D eigenvalue weighted by molar-refractivity contribution is 7.14. The minimum Gasteiger partial charge on any atom is -0.454 e. The Morgan fingerprint density at radius 1 is 1.12 bits per heavy atom. The van der Waals surface area contributed by atoms with E-state index < -0.39 is 0 Å². The van der Waals surface area contributed by atoms with Crippen LogP contribution in [0.2, 0.25) is 0 Å². The minimum atomic E-state index is 0.181. The van der Waals surface area contributed by atoms with Gasteiger partial charge in [-0.25, -0.2) is 0 Å². The molecule has 2 aliphatic heterocycles. The highest BCUT2D eigenvalue weighted by Crippen LogP contribution is 2.33. The molecular weight excluding hydrogens is 348 g/mol. The summed E-state index contributed by atoms with van der Waals surface area (Å²) in [5, 5.41) is 0. The van der Waals surface area contributed by atoms with Crippen LogP contribution in [-0.2, 0) is 13.0 Å². The lowest BCUT2D eigenvalue weighted by molar-refractivity contribution is 0.0633. The van der Waals surface area contributed by atoms with Crippen molar-refractivity contribution in [2.75, 3.05) is 33.0 Å². The predicted molar refractivity (Wildman–Crippen MR) is 102 cm³/mol. The number of carbonyl (C=O) groups is 1. The van der Waals surface area contributed by atoms with E-state index in [9.17, 15) is 4.79 Å². The number of hydrogen-bond donors (Lipinski definition) is 0. The van der Waals surface area contributed by atoms with Gasteiger partial charge in [0.05, 0.1) is 4.88 Å². The van der Waals surface area contributed by atoms with Gasteiger partial charge in [-0.05, 0) is 42.7 Å². The van der Waals surface area contributed by atoms with Crippen LogP contribution in [0.3, 0.4) is 0 Å². The van der Waals surface area contributed by atoms with Gasteiger partial charge in [-0.2, -0.15) is 0 Å². The first-order chi connectivity index (χ1) is 12.6. The van der Waals surface area contributed by atoms with E-state index in [1.807, 2.05) is 11.0 Å². The van der Waals surface area contributed by atoms with Crippen molar-refractivity contribution in [3.05, 3.63) is 45.1 Å². The Kier molecular flexibility index (Phi) is 4.87. The van der Waals surface area contributed by atoms with Crippen molar-refractivity contribution in [1.29, 1.82) is 0 Å². The smallest absolute Gasteiger partial charge is 0.264 e. The fraction of sp³-hybridized carbons (Fsp3) is 0.450.